The van der Waals surface area contributed by atoms with Gasteiger partial charge in [-0.2, -0.15) is 0 Å². The third kappa shape index (κ3) is 3.86. The summed E-state index contributed by atoms with van der Waals surface area (Å²) in [4.78, 5) is 24.2. The Morgan fingerprint density at radius 3 is 2.88 bits per heavy atom. The second-order valence-electron chi connectivity index (χ2n) is 5.67. The van der Waals surface area contributed by atoms with E-state index in [-0.39, 0.29) is 24.4 Å². The van der Waals surface area contributed by atoms with Crippen LogP contribution in [0.5, 0.6) is 0 Å². The van der Waals surface area contributed by atoms with Crippen molar-refractivity contribution in [3.63, 3.8) is 0 Å². The quantitative estimate of drug-likeness (QED) is 0.853. The first kappa shape index (κ1) is 16.3. The van der Waals surface area contributed by atoms with Crippen LogP contribution in [-0.4, -0.2) is 54.1 Å². The van der Waals surface area contributed by atoms with Gasteiger partial charge in [-0.25, -0.2) is 9.37 Å². The molecule has 2 aromatic rings. The van der Waals surface area contributed by atoms with Gasteiger partial charge in [0.05, 0.1) is 25.9 Å². The Morgan fingerprint density at radius 1 is 1.38 bits per heavy atom. The molecule has 0 spiro atoms. The summed E-state index contributed by atoms with van der Waals surface area (Å²) >= 11 is 0. The van der Waals surface area contributed by atoms with Gasteiger partial charge in [0.25, 0.3) is 0 Å². The second kappa shape index (κ2) is 7.35. The molecule has 1 aliphatic heterocycles. The number of ether oxygens (including phenoxy) is 1. The van der Waals surface area contributed by atoms with E-state index in [9.17, 15) is 9.18 Å². The summed E-state index contributed by atoms with van der Waals surface area (Å²) in [6, 6.07) is 6.20. The normalized spacial score (nSPS) is 17.6. The van der Waals surface area contributed by atoms with Crippen LogP contribution >= 0.6 is 0 Å². The van der Waals surface area contributed by atoms with E-state index < -0.39 is 0 Å². The summed E-state index contributed by atoms with van der Waals surface area (Å²) in [6.45, 7) is 1.68. The summed E-state index contributed by atoms with van der Waals surface area (Å²) in [5.74, 6) is 0.362. The fourth-order valence-corrected chi connectivity index (χ4v) is 2.63. The maximum absolute atomic E-state index is 13.0. The molecule has 1 aromatic carbocycles. The summed E-state index contributed by atoms with van der Waals surface area (Å²) in [5, 5.41) is 0. The number of amides is 1. The lowest BCUT2D eigenvalue weighted by Crippen LogP contribution is -2.46. The highest BCUT2D eigenvalue weighted by Crippen LogP contribution is 2.22. The molecule has 1 aromatic heterocycles. The van der Waals surface area contributed by atoms with Gasteiger partial charge < -0.3 is 14.5 Å². The van der Waals surface area contributed by atoms with Crippen molar-refractivity contribution in [3.8, 4) is 0 Å². The minimum absolute atomic E-state index is 0.00133. The van der Waals surface area contributed by atoms with E-state index in [0.29, 0.717) is 25.5 Å². The van der Waals surface area contributed by atoms with Gasteiger partial charge in [0.2, 0.25) is 5.91 Å². The zero-order valence-electron chi connectivity index (χ0n) is 13.4. The van der Waals surface area contributed by atoms with Crippen LogP contribution in [0.15, 0.2) is 42.9 Å². The Hall–Kier alpha value is -2.54. The molecule has 0 aliphatic carbocycles. The van der Waals surface area contributed by atoms with Crippen molar-refractivity contribution in [2.75, 3.05) is 38.2 Å². The van der Waals surface area contributed by atoms with Crippen LogP contribution < -0.4 is 4.90 Å². The highest BCUT2D eigenvalue weighted by Gasteiger charge is 2.26. The summed E-state index contributed by atoms with van der Waals surface area (Å²) in [7, 11) is 1.81. The van der Waals surface area contributed by atoms with Crippen molar-refractivity contribution in [3.05, 3.63) is 54.2 Å². The van der Waals surface area contributed by atoms with E-state index >= 15 is 0 Å². The molecule has 1 aliphatic rings. The molecule has 126 valence electrons. The second-order valence-corrected chi connectivity index (χ2v) is 5.67. The molecule has 0 bridgehead atoms. The van der Waals surface area contributed by atoms with Gasteiger partial charge in [-0.05, 0) is 17.7 Å². The van der Waals surface area contributed by atoms with Crippen LogP contribution in [-0.2, 0) is 9.53 Å². The molecule has 7 heteroatoms. The van der Waals surface area contributed by atoms with Crippen molar-refractivity contribution < 1.29 is 13.9 Å². The smallest absolute Gasteiger partial charge is 0.242 e. The fraction of sp³-hybridized carbons (Fsp3) is 0.353. The first-order chi connectivity index (χ1) is 11.6. The molecule has 6 nitrogen and oxygen atoms in total. The highest BCUT2D eigenvalue weighted by molar-refractivity contribution is 5.81. The van der Waals surface area contributed by atoms with Gasteiger partial charge in [-0.15, -0.1) is 0 Å². The maximum Gasteiger partial charge on any atom is 0.242 e. The standard InChI is InChI=1S/C17H19FN4O2/c1-21(16-10-19-6-7-20-16)12-17(23)22-8-9-24-15(11-22)13-2-4-14(18)5-3-13/h2-7,10,15H,8-9,11-12H2,1H3. The van der Waals surface area contributed by atoms with Gasteiger partial charge >= 0.3 is 0 Å². The first-order valence-corrected chi connectivity index (χ1v) is 7.75. The number of hydrogen-bond donors (Lipinski definition) is 0. The third-order valence-corrected chi connectivity index (χ3v) is 3.97. The van der Waals surface area contributed by atoms with E-state index in [1.54, 1.807) is 47.6 Å². The SMILES string of the molecule is CN(CC(=O)N1CCOC(c2ccc(F)cc2)C1)c1cnccn1. The van der Waals surface area contributed by atoms with Crippen molar-refractivity contribution >= 4 is 11.7 Å². The van der Waals surface area contributed by atoms with E-state index in [2.05, 4.69) is 9.97 Å². The Morgan fingerprint density at radius 2 is 2.17 bits per heavy atom. The number of benzene rings is 1. The topological polar surface area (TPSA) is 58.6 Å². The average Bonchev–Trinajstić information content (AvgIpc) is 2.63. The van der Waals surface area contributed by atoms with Gasteiger partial charge in [0.1, 0.15) is 17.7 Å². The van der Waals surface area contributed by atoms with E-state index in [1.165, 1.54) is 12.1 Å². The molecule has 24 heavy (non-hydrogen) atoms. The predicted octanol–water partition coefficient (Wildman–Crippen LogP) is 1.65. The Bertz CT molecular complexity index is 681. The molecule has 2 heterocycles. The molecule has 1 unspecified atom stereocenters. The minimum atomic E-state index is -0.284. The minimum Gasteiger partial charge on any atom is -0.370 e. The molecule has 1 saturated heterocycles. The number of rotatable bonds is 4. The number of halogens is 1. The molecule has 0 N–H and O–H groups in total. The number of nitrogens with zero attached hydrogens (tertiary/aromatic N) is 4. The molecule has 0 radical (unpaired) electrons. The van der Waals surface area contributed by atoms with E-state index in [1.807, 2.05) is 0 Å². The fourth-order valence-electron chi connectivity index (χ4n) is 2.63. The average molecular weight is 330 g/mol. The predicted molar refractivity (Wildman–Crippen MR) is 87.0 cm³/mol. The Labute approximate surface area is 139 Å². The zero-order chi connectivity index (χ0) is 16.9. The molecule has 3 rings (SSSR count). The number of anilines is 1. The van der Waals surface area contributed by atoms with Crippen LogP contribution in [0.4, 0.5) is 10.2 Å². The molecule has 1 amide bonds. The van der Waals surface area contributed by atoms with Gasteiger partial charge in [-0.3, -0.25) is 9.78 Å². The molecular formula is C17H19FN4O2. The zero-order valence-corrected chi connectivity index (χ0v) is 13.4. The number of aromatic nitrogens is 2. The number of carbonyl (C=O) groups is 1. The molecule has 0 saturated carbocycles. The van der Waals surface area contributed by atoms with Gasteiger partial charge in [0, 0.05) is 26.0 Å². The summed E-state index contributed by atoms with van der Waals surface area (Å²) in [5.41, 5.74) is 0.871. The van der Waals surface area contributed by atoms with Crippen molar-refractivity contribution in [1.82, 2.24) is 14.9 Å². The Balaban J connectivity index is 1.61. The maximum atomic E-state index is 13.0. The van der Waals surface area contributed by atoms with Crippen molar-refractivity contribution in [1.29, 1.82) is 0 Å². The molecule has 1 atom stereocenters. The monoisotopic (exact) mass is 330 g/mol. The van der Waals surface area contributed by atoms with Crippen LogP contribution in [0.3, 0.4) is 0 Å². The van der Waals surface area contributed by atoms with Crippen LogP contribution in [0.2, 0.25) is 0 Å². The number of carbonyl (C=O) groups excluding carboxylic acids is 1. The molecular weight excluding hydrogens is 311 g/mol. The van der Waals surface area contributed by atoms with Crippen molar-refractivity contribution in [2.24, 2.45) is 0 Å². The lowest BCUT2D eigenvalue weighted by atomic mass is 10.1. The van der Waals surface area contributed by atoms with E-state index in [4.69, 9.17) is 4.74 Å². The number of hydrogen-bond acceptors (Lipinski definition) is 5. The van der Waals surface area contributed by atoms with Gasteiger partial charge in [-0.1, -0.05) is 12.1 Å². The summed E-state index contributed by atoms with van der Waals surface area (Å²) < 4.78 is 18.8. The third-order valence-electron chi connectivity index (χ3n) is 3.97. The number of morpholine rings is 1. The van der Waals surface area contributed by atoms with Crippen molar-refractivity contribution in [2.45, 2.75) is 6.10 Å². The first-order valence-electron chi connectivity index (χ1n) is 7.75. The van der Waals surface area contributed by atoms with Crippen LogP contribution in [0, 0.1) is 5.82 Å². The largest absolute Gasteiger partial charge is 0.370 e. The lowest BCUT2D eigenvalue weighted by Gasteiger charge is -2.34. The van der Waals surface area contributed by atoms with Gasteiger partial charge in [0.15, 0.2) is 0 Å². The highest BCUT2D eigenvalue weighted by atomic mass is 19.1. The van der Waals surface area contributed by atoms with E-state index in [0.717, 1.165) is 5.56 Å². The van der Waals surface area contributed by atoms with Crippen LogP contribution in [0.25, 0.3) is 0 Å². The lowest BCUT2D eigenvalue weighted by molar-refractivity contribution is -0.137. The number of likely N-dealkylation sites (N-methyl/N-ethyl adjacent to an activating group) is 1. The Kier molecular flexibility index (Phi) is 5.00. The van der Waals surface area contributed by atoms with Crippen LogP contribution in [0.1, 0.15) is 11.7 Å². The summed E-state index contributed by atoms with van der Waals surface area (Å²) in [6.07, 6.45) is 4.57. The molecule has 1 fully saturated rings.